The van der Waals surface area contributed by atoms with Crippen LogP contribution < -0.4 is 11.1 Å². The molecule has 2 aromatic carbocycles. The lowest BCUT2D eigenvalue weighted by atomic mass is 10.2. The lowest BCUT2D eigenvalue weighted by Gasteiger charge is -2.02. The Labute approximate surface area is 154 Å². The number of carbonyl (C=O) groups excluding carboxylic acids is 1. The van der Waals surface area contributed by atoms with Gasteiger partial charge in [0, 0.05) is 17.3 Å². The summed E-state index contributed by atoms with van der Waals surface area (Å²) in [5.41, 5.74) is 5.60. The van der Waals surface area contributed by atoms with E-state index in [0.29, 0.717) is 20.1 Å². The highest BCUT2D eigenvalue weighted by atomic mass is 32.2. The van der Waals surface area contributed by atoms with Gasteiger partial charge in [-0.2, -0.15) is 0 Å². The van der Waals surface area contributed by atoms with Crippen LogP contribution in [0.5, 0.6) is 0 Å². The van der Waals surface area contributed by atoms with E-state index in [4.69, 9.17) is 5.73 Å². The summed E-state index contributed by atoms with van der Waals surface area (Å²) in [6.07, 6.45) is 0. The summed E-state index contributed by atoms with van der Waals surface area (Å²) in [5, 5.41) is 22.6. The standard InChI is InChI=1S/C15H10FN5O3S2/c16-9-2-4-10(5-3-9)18-14-19-20-15(26-14)25-12-6-1-8(13(17)22)7-11(12)21(23)24/h1-7H,(H2,17,22)(H,18,19). The van der Waals surface area contributed by atoms with Crippen molar-refractivity contribution in [3.8, 4) is 0 Å². The molecule has 0 spiro atoms. The smallest absolute Gasteiger partial charge is 0.284 e. The molecular formula is C15H10FN5O3S2. The number of nitrogens with zero attached hydrogens (tertiary/aromatic N) is 3. The monoisotopic (exact) mass is 391 g/mol. The van der Waals surface area contributed by atoms with E-state index in [1.165, 1.54) is 35.6 Å². The summed E-state index contributed by atoms with van der Waals surface area (Å²) < 4.78 is 13.4. The third-order valence-corrected chi connectivity index (χ3v) is 5.09. The molecule has 3 aromatic rings. The number of halogens is 1. The Balaban J connectivity index is 1.79. The van der Waals surface area contributed by atoms with Gasteiger partial charge in [0.25, 0.3) is 5.69 Å². The van der Waals surface area contributed by atoms with Crippen molar-refractivity contribution >= 4 is 45.5 Å². The zero-order chi connectivity index (χ0) is 18.7. The molecule has 26 heavy (non-hydrogen) atoms. The molecular weight excluding hydrogens is 381 g/mol. The van der Waals surface area contributed by atoms with Crippen LogP contribution in [0.15, 0.2) is 51.7 Å². The summed E-state index contributed by atoms with van der Waals surface area (Å²) >= 11 is 2.23. The Morgan fingerprint density at radius 2 is 1.96 bits per heavy atom. The molecule has 0 atom stereocenters. The number of rotatable bonds is 6. The molecule has 0 aliphatic heterocycles. The van der Waals surface area contributed by atoms with Gasteiger partial charge in [-0.1, -0.05) is 11.3 Å². The molecule has 3 rings (SSSR count). The molecule has 0 fully saturated rings. The lowest BCUT2D eigenvalue weighted by molar-refractivity contribution is -0.387. The highest BCUT2D eigenvalue weighted by Gasteiger charge is 2.19. The molecule has 0 bridgehead atoms. The van der Waals surface area contributed by atoms with Crippen LogP contribution in [0.2, 0.25) is 0 Å². The molecule has 0 radical (unpaired) electrons. The number of hydrogen-bond donors (Lipinski definition) is 2. The van der Waals surface area contributed by atoms with Crippen molar-refractivity contribution < 1.29 is 14.1 Å². The molecule has 0 aliphatic carbocycles. The van der Waals surface area contributed by atoms with Crippen LogP contribution in [0.4, 0.5) is 20.9 Å². The number of nitrogens with two attached hydrogens (primary N) is 1. The number of nitrogens with one attached hydrogen (secondary N) is 1. The van der Waals surface area contributed by atoms with Crippen molar-refractivity contribution in [2.24, 2.45) is 5.73 Å². The SMILES string of the molecule is NC(=O)c1ccc(Sc2nnc(Nc3ccc(F)cc3)s2)c([N+](=O)[O-])c1. The molecule has 0 saturated heterocycles. The van der Waals surface area contributed by atoms with Crippen LogP contribution in [0.1, 0.15) is 10.4 Å². The van der Waals surface area contributed by atoms with Crippen LogP contribution in [-0.2, 0) is 0 Å². The van der Waals surface area contributed by atoms with Crippen molar-refractivity contribution in [1.82, 2.24) is 10.2 Å². The summed E-state index contributed by atoms with van der Waals surface area (Å²) in [6, 6.07) is 9.70. The first-order valence-electron chi connectivity index (χ1n) is 7.04. The van der Waals surface area contributed by atoms with Crippen LogP contribution in [0.25, 0.3) is 0 Å². The van der Waals surface area contributed by atoms with E-state index in [1.807, 2.05) is 0 Å². The largest absolute Gasteiger partial charge is 0.366 e. The lowest BCUT2D eigenvalue weighted by Crippen LogP contribution is -2.11. The second-order valence-corrected chi connectivity index (χ2v) is 7.18. The van der Waals surface area contributed by atoms with Gasteiger partial charge >= 0.3 is 0 Å². The minimum atomic E-state index is -0.744. The first kappa shape index (κ1) is 17.8. The van der Waals surface area contributed by atoms with Gasteiger partial charge in [0.15, 0.2) is 4.34 Å². The predicted molar refractivity (Wildman–Crippen MR) is 95.3 cm³/mol. The van der Waals surface area contributed by atoms with Gasteiger partial charge in [-0.15, -0.1) is 10.2 Å². The van der Waals surface area contributed by atoms with Crippen molar-refractivity contribution in [2.45, 2.75) is 9.24 Å². The van der Waals surface area contributed by atoms with E-state index in [-0.39, 0.29) is 17.1 Å². The third-order valence-electron chi connectivity index (χ3n) is 3.14. The van der Waals surface area contributed by atoms with Gasteiger partial charge in [-0.25, -0.2) is 4.39 Å². The fourth-order valence-electron chi connectivity index (χ4n) is 1.95. The van der Waals surface area contributed by atoms with Gasteiger partial charge in [-0.05, 0) is 48.2 Å². The molecule has 3 N–H and O–H groups in total. The number of primary amides is 1. The average Bonchev–Trinajstić information content (AvgIpc) is 3.04. The second-order valence-electron chi connectivity index (χ2n) is 4.91. The maximum Gasteiger partial charge on any atom is 0.284 e. The molecule has 0 unspecified atom stereocenters. The molecule has 132 valence electrons. The number of nitro benzene ring substituents is 1. The Hall–Kier alpha value is -3.05. The summed E-state index contributed by atoms with van der Waals surface area (Å²) in [7, 11) is 0. The number of carbonyl (C=O) groups is 1. The minimum absolute atomic E-state index is 0.0528. The van der Waals surface area contributed by atoms with E-state index in [1.54, 1.807) is 12.1 Å². The van der Waals surface area contributed by atoms with Crippen LogP contribution in [0, 0.1) is 15.9 Å². The van der Waals surface area contributed by atoms with Gasteiger partial charge in [-0.3, -0.25) is 14.9 Å². The first-order chi connectivity index (χ1) is 12.4. The van der Waals surface area contributed by atoms with E-state index in [2.05, 4.69) is 15.5 Å². The number of hydrogen-bond acceptors (Lipinski definition) is 8. The molecule has 0 aliphatic rings. The van der Waals surface area contributed by atoms with Gasteiger partial charge in [0.1, 0.15) is 5.82 Å². The minimum Gasteiger partial charge on any atom is -0.366 e. The number of amides is 1. The Kier molecular flexibility index (Phi) is 5.09. The number of benzene rings is 2. The zero-order valence-corrected chi connectivity index (χ0v) is 14.5. The summed E-state index contributed by atoms with van der Waals surface area (Å²) in [5.74, 6) is -1.10. The van der Waals surface area contributed by atoms with Gasteiger partial charge < -0.3 is 11.1 Å². The fourth-order valence-corrected chi connectivity index (χ4v) is 3.77. The molecule has 1 heterocycles. The molecule has 1 aromatic heterocycles. The maximum absolute atomic E-state index is 12.9. The summed E-state index contributed by atoms with van der Waals surface area (Å²) in [6.45, 7) is 0. The highest BCUT2D eigenvalue weighted by Crippen LogP contribution is 2.38. The summed E-state index contributed by atoms with van der Waals surface area (Å²) in [4.78, 5) is 22.1. The van der Waals surface area contributed by atoms with E-state index >= 15 is 0 Å². The van der Waals surface area contributed by atoms with E-state index in [0.717, 1.165) is 17.8 Å². The van der Waals surface area contributed by atoms with E-state index in [9.17, 15) is 19.3 Å². The second kappa shape index (κ2) is 7.45. The number of anilines is 2. The van der Waals surface area contributed by atoms with E-state index < -0.39 is 10.8 Å². The predicted octanol–water partition coefficient (Wildman–Crippen LogP) is 3.58. The Bertz CT molecular complexity index is 978. The molecule has 1 amide bonds. The average molecular weight is 391 g/mol. The Morgan fingerprint density at radius 3 is 2.62 bits per heavy atom. The normalized spacial score (nSPS) is 10.5. The van der Waals surface area contributed by atoms with Crippen molar-refractivity contribution in [2.75, 3.05) is 5.32 Å². The van der Waals surface area contributed by atoms with Crippen LogP contribution in [-0.4, -0.2) is 21.0 Å². The van der Waals surface area contributed by atoms with Crippen LogP contribution >= 0.6 is 23.1 Å². The topological polar surface area (TPSA) is 124 Å². The quantitative estimate of drug-likeness (QED) is 0.486. The highest BCUT2D eigenvalue weighted by molar-refractivity contribution is 8.01. The maximum atomic E-state index is 12.9. The molecule has 0 saturated carbocycles. The van der Waals surface area contributed by atoms with Gasteiger partial charge in [0.2, 0.25) is 11.0 Å². The fraction of sp³-hybridized carbons (Fsp3) is 0. The first-order valence-corrected chi connectivity index (χ1v) is 8.68. The van der Waals surface area contributed by atoms with Gasteiger partial charge in [0.05, 0.1) is 9.82 Å². The zero-order valence-electron chi connectivity index (χ0n) is 12.9. The van der Waals surface area contributed by atoms with Crippen molar-refractivity contribution in [3.05, 3.63) is 64.0 Å². The molecule has 8 nitrogen and oxygen atoms in total. The van der Waals surface area contributed by atoms with Crippen molar-refractivity contribution in [3.63, 3.8) is 0 Å². The number of aromatic nitrogens is 2. The number of nitro groups is 1. The molecule has 11 heteroatoms. The van der Waals surface area contributed by atoms with Crippen LogP contribution in [0.3, 0.4) is 0 Å². The third kappa shape index (κ3) is 4.13. The van der Waals surface area contributed by atoms with Crippen molar-refractivity contribution in [1.29, 1.82) is 0 Å². The Morgan fingerprint density at radius 1 is 1.23 bits per heavy atom.